The molecule has 6 nitrogen and oxygen atoms in total. The third-order valence-corrected chi connectivity index (χ3v) is 1.64. The van der Waals surface area contributed by atoms with Crippen molar-refractivity contribution in [3.8, 4) is 0 Å². The van der Waals surface area contributed by atoms with Crippen molar-refractivity contribution < 1.29 is 28.3 Å². The lowest BCUT2D eigenvalue weighted by Gasteiger charge is -2.36. The summed E-state index contributed by atoms with van der Waals surface area (Å²) < 4.78 is 7.20. The zero-order valence-electron chi connectivity index (χ0n) is 5.70. The van der Waals surface area contributed by atoms with Crippen molar-refractivity contribution in [1.29, 1.82) is 0 Å². The highest BCUT2D eigenvalue weighted by molar-refractivity contribution is 6.05. The molecular weight excluding hydrogens is 166 g/mol. The van der Waals surface area contributed by atoms with E-state index in [4.69, 9.17) is 0 Å². The molecule has 2 aliphatic rings. The van der Waals surface area contributed by atoms with Gasteiger partial charge in [-0.2, -0.15) is 14.4 Å². The van der Waals surface area contributed by atoms with Crippen molar-refractivity contribution in [3.05, 3.63) is 18.2 Å². The Morgan fingerprint density at radius 3 is 1.83 bits per heavy atom. The van der Waals surface area contributed by atoms with E-state index in [2.05, 4.69) is 21.8 Å². The molecule has 2 heterocycles. The van der Waals surface area contributed by atoms with Crippen LogP contribution in [0.4, 0.5) is 14.4 Å². The van der Waals surface area contributed by atoms with E-state index in [9.17, 15) is 14.4 Å². The number of imide groups is 3. The van der Waals surface area contributed by atoms with Crippen LogP contribution in [0.5, 0.6) is 0 Å². The van der Waals surface area contributed by atoms with Crippen LogP contribution >= 0.6 is 0 Å². The zero-order valence-corrected chi connectivity index (χ0v) is 5.70. The number of cyclic esters (lactones) is 3. The molecule has 2 aliphatic heterocycles. The van der Waals surface area contributed by atoms with Gasteiger partial charge in [-0.25, -0.2) is 0 Å². The second kappa shape index (κ2) is 1.63. The Morgan fingerprint density at radius 1 is 1.08 bits per heavy atom. The van der Waals surface area contributed by atoms with Crippen LogP contribution < -0.4 is 0 Å². The molecule has 12 heavy (non-hydrogen) atoms. The third kappa shape index (κ3) is 0.395. The van der Waals surface area contributed by atoms with Gasteiger partial charge in [0, 0.05) is 0 Å². The summed E-state index contributed by atoms with van der Waals surface area (Å²) in [4.78, 5) is 32.3. The van der Waals surface area contributed by atoms with Crippen LogP contribution in [-0.2, 0) is 9.47 Å². The van der Waals surface area contributed by atoms with Crippen LogP contribution in [0.25, 0.3) is 0 Å². The predicted molar refractivity (Wildman–Crippen MR) is 31.3 cm³/mol. The number of carbonyl (C=O) groups is 3. The highest BCUT2D eigenvalue weighted by Crippen LogP contribution is 2.39. The summed E-state index contributed by atoms with van der Waals surface area (Å²) in [7, 11) is 0. The van der Waals surface area contributed by atoms with Gasteiger partial charge in [0.1, 0.15) is 0 Å². The Hall–Kier alpha value is -1.91. The maximum atomic E-state index is 10.8. The summed E-state index contributed by atoms with van der Waals surface area (Å²) in [6, 6.07) is 0. The molecule has 0 aromatic carbocycles. The SMILES string of the molecule is C=C=C1OC(=O)[N+]12C(=O)OC2=O. The minimum atomic E-state index is -1.15. The topological polar surface area (TPSA) is 69.7 Å². The number of quaternary nitrogens is 1. The summed E-state index contributed by atoms with van der Waals surface area (Å²) in [5, 5.41) is 0. The van der Waals surface area contributed by atoms with E-state index in [1.165, 1.54) is 0 Å². The van der Waals surface area contributed by atoms with Crippen molar-refractivity contribution >= 4 is 18.3 Å². The number of ether oxygens (including phenoxy) is 2. The molecule has 3 amide bonds. The van der Waals surface area contributed by atoms with E-state index in [1.807, 2.05) is 0 Å². The quantitative estimate of drug-likeness (QED) is 0.304. The van der Waals surface area contributed by atoms with Crippen molar-refractivity contribution in [2.75, 3.05) is 0 Å². The van der Waals surface area contributed by atoms with Gasteiger partial charge in [-0.05, 0) is 12.3 Å². The van der Waals surface area contributed by atoms with Crippen LogP contribution in [0.1, 0.15) is 0 Å². The second-order valence-electron chi connectivity index (χ2n) is 2.15. The van der Waals surface area contributed by atoms with Crippen LogP contribution in [-0.4, -0.2) is 22.8 Å². The monoisotopic (exact) mass is 168 g/mol. The molecule has 0 aromatic rings. The number of hydrogen-bond donors (Lipinski definition) is 0. The molecule has 0 aliphatic carbocycles. The van der Waals surface area contributed by atoms with E-state index in [1.54, 1.807) is 0 Å². The standard InChI is InChI=1S/C6H2NO5/c1-2-3-7(4(8)11-3)5(9)12-6(7)10/h1H2/q+1. The largest absolute Gasteiger partial charge is 0.558 e. The molecular formula is C6H2NO5+. The van der Waals surface area contributed by atoms with Crippen LogP contribution in [0, 0.1) is 0 Å². The molecule has 0 aromatic heterocycles. The van der Waals surface area contributed by atoms with Gasteiger partial charge in [-0.1, -0.05) is 0 Å². The molecule has 0 radical (unpaired) electrons. The summed E-state index contributed by atoms with van der Waals surface area (Å²) in [5.41, 5.74) is 2.16. The summed E-state index contributed by atoms with van der Waals surface area (Å²) in [6.07, 6.45) is -2.91. The summed E-state index contributed by atoms with van der Waals surface area (Å²) >= 11 is 0. The maximum absolute atomic E-state index is 10.8. The highest BCUT2D eigenvalue weighted by Gasteiger charge is 2.80. The minimum absolute atomic E-state index is 0.221. The lowest BCUT2D eigenvalue weighted by Crippen LogP contribution is -2.75. The van der Waals surface area contributed by atoms with E-state index >= 15 is 0 Å². The number of nitrogens with zero attached hydrogens (tertiary/aromatic N) is 1. The van der Waals surface area contributed by atoms with Crippen molar-refractivity contribution in [3.63, 3.8) is 0 Å². The van der Waals surface area contributed by atoms with Crippen LogP contribution in [0.3, 0.4) is 0 Å². The number of hydrogen-bond acceptors (Lipinski definition) is 5. The molecule has 0 atom stereocenters. The molecule has 0 bridgehead atoms. The normalized spacial score (nSPS) is 23.7. The van der Waals surface area contributed by atoms with Gasteiger partial charge < -0.3 is 4.74 Å². The van der Waals surface area contributed by atoms with Gasteiger partial charge in [-0.15, -0.1) is 0 Å². The van der Waals surface area contributed by atoms with E-state index in [-0.39, 0.29) is 5.88 Å². The van der Waals surface area contributed by atoms with Crippen molar-refractivity contribution in [2.24, 2.45) is 0 Å². The van der Waals surface area contributed by atoms with E-state index < -0.39 is 22.8 Å². The fraction of sp³-hybridized carbons (Fsp3) is 0. The average Bonchev–Trinajstić information content (AvgIpc) is 1.99. The molecule has 2 saturated heterocycles. The summed E-state index contributed by atoms with van der Waals surface area (Å²) in [5.74, 6) is -0.221. The van der Waals surface area contributed by atoms with Gasteiger partial charge in [0.25, 0.3) is 0 Å². The first-order valence-corrected chi connectivity index (χ1v) is 2.93. The van der Waals surface area contributed by atoms with Gasteiger partial charge in [0.05, 0.1) is 4.48 Å². The number of carbonyl (C=O) groups excluding carboxylic acids is 3. The lowest BCUT2D eigenvalue weighted by molar-refractivity contribution is -0.764. The van der Waals surface area contributed by atoms with Crippen LogP contribution in [0.2, 0.25) is 0 Å². The fourth-order valence-corrected chi connectivity index (χ4v) is 0.980. The first-order valence-electron chi connectivity index (χ1n) is 2.93. The third-order valence-electron chi connectivity index (χ3n) is 1.64. The Labute approximate surface area is 65.9 Å². The van der Waals surface area contributed by atoms with Gasteiger partial charge in [0.15, 0.2) is 0 Å². The first kappa shape index (κ1) is 6.78. The average molecular weight is 168 g/mol. The van der Waals surface area contributed by atoms with Gasteiger partial charge in [-0.3, -0.25) is 4.74 Å². The smallest absolute Gasteiger partial charge is 0.321 e. The maximum Gasteiger partial charge on any atom is 0.558 e. The van der Waals surface area contributed by atoms with E-state index in [0.717, 1.165) is 0 Å². The molecule has 0 unspecified atom stereocenters. The molecule has 60 valence electrons. The van der Waals surface area contributed by atoms with E-state index in [0.29, 0.717) is 0 Å². The zero-order chi connectivity index (χ0) is 8.93. The van der Waals surface area contributed by atoms with Gasteiger partial charge >= 0.3 is 24.2 Å². The molecule has 0 N–H and O–H groups in total. The molecule has 0 saturated carbocycles. The molecule has 6 heteroatoms. The lowest BCUT2D eigenvalue weighted by atomic mass is 10.4. The Morgan fingerprint density at radius 2 is 1.58 bits per heavy atom. The summed E-state index contributed by atoms with van der Waals surface area (Å²) in [6.45, 7) is 3.15. The fourth-order valence-electron chi connectivity index (χ4n) is 0.980. The molecule has 1 spiro atoms. The second-order valence-corrected chi connectivity index (χ2v) is 2.15. The first-order chi connectivity index (χ1) is 5.64. The number of rotatable bonds is 0. The van der Waals surface area contributed by atoms with Gasteiger partial charge in [0.2, 0.25) is 0 Å². The molecule has 2 fully saturated rings. The molecule has 2 rings (SSSR count). The minimum Gasteiger partial charge on any atom is -0.321 e. The Kier molecular flexibility index (Phi) is 0.922. The Balaban J connectivity index is 2.55. The number of amides is 3. The van der Waals surface area contributed by atoms with Crippen LogP contribution in [0.15, 0.2) is 18.2 Å². The van der Waals surface area contributed by atoms with Crippen molar-refractivity contribution in [1.82, 2.24) is 0 Å². The highest BCUT2D eigenvalue weighted by atomic mass is 16.7. The van der Waals surface area contributed by atoms with Crippen molar-refractivity contribution in [2.45, 2.75) is 0 Å². The predicted octanol–water partition coefficient (Wildman–Crippen LogP) is 0.850. The Bertz CT molecular complexity index is 348.